The summed E-state index contributed by atoms with van der Waals surface area (Å²) in [6.45, 7) is 1.81. The van der Waals surface area contributed by atoms with Crippen LogP contribution in [0.25, 0.3) is 0 Å². The number of thioether (sulfide) groups is 2. The van der Waals surface area contributed by atoms with Crippen LogP contribution in [0, 0.1) is 6.92 Å². The molecule has 2 amide bonds. The molecule has 50 heavy (non-hydrogen) atoms. The lowest BCUT2D eigenvalue weighted by Crippen LogP contribution is -2.57. The van der Waals surface area contributed by atoms with Gasteiger partial charge in [0.1, 0.15) is 27.3 Å². The Balaban J connectivity index is 1.17. The van der Waals surface area contributed by atoms with Gasteiger partial charge >= 0.3 is 5.97 Å². The zero-order chi connectivity index (χ0) is 34.8. The van der Waals surface area contributed by atoms with Crippen molar-refractivity contribution in [2.24, 2.45) is 0 Å². The van der Waals surface area contributed by atoms with E-state index in [0.717, 1.165) is 21.7 Å². The lowest BCUT2D eigenvalue weighted by Gasteiger charge is -2.46. The van der Waals surface area contributed by atoms with Gasteiger partial charge in [-0.2, -0.15) is 0 Å². The molecule has 3 aromatic carbocycles. The second kappa shape index (κ2) is 14.2. The van der Waals surface area contributed by atoms with Crippen molar-refractivity contribution in [2.75, 3.05) is 11.1 Å². The predicted molar refractivity (Wildman–Crippen MR) is 194 cm³/mol. The highest BCUT2D eigenvalue weighted by Gasteiger charge is 2.49. The fourth-order valence-electron chi connectivity index (χ4n) is 5.94. The Labute approximate surface area is 303 Å². The summed E-state index contributed by atoms with van der Waals surface area (Å²) in [6, 6.07) is 29.8. The summed E-state index contributed by atoms with van der Waals surface area (Å²) < 4.78 is 0.614. The molecule has 0 spiro atoms. The first kappa shape index (κ1) is 33.7. The maximum Gasteiger partial charge on any atom is 0.352 e. The standard InChI is InChI=1S/C35H28N6O5S4/c1-20-39-40-34(49-20)48-18-24-28(32(45)46)41-26(42)17-27(41)50-31(24)37-30(44)29(43)25-19-47-33(36-25)38-35(21-11-5-2-6-12-21,22-13-7-3-8-14-22)23-15-9-4-10-16-23/h2-16,19,27,31H,17-18H2,1H3,(H,36,38)(H,37,44)(H,45,46)/t27-,31?/m1/s1. The fraction of sp³-hybridized carbons (Fsp3) is 0.171. The summed E-state index contributed by atoms with van der Waals surface area (Å²) in [4.78, 5) is 57.8. The van der Waals surface area contributed by atoms with Gasteiger partial charge in [0.25, 0.3) is 11.7 Å². The summed E-state index contributed by atoms with van der Waals surface area (Å²) in [5, 5.41) is 26.0. The molecule has 0 bridgehead atoms. The number of aryl methyl sites for hydroxylation is 1. The molecule has 1 saturated heterocycles. The van der Waals surface area contributed by atoms with Gasteiger partial charge < -0.3 is 15.7 Å². The minimum absolute atomic E-state index is 0.0537. The second-order valence-corrected chi connectivity index (χ2v) is 15.9. The Morgan fingerprint density at radius 1 is 0.940 bits per heavy atom. The molecule has 1 fully saturated rings. The van der Waals surface area contributed by atoms with Crippen molar-refractivity contribution in [3.8, 4) is 0 Å². The highest BCUT2D eigenvalue weighted by molar-refractivity contribution is 8.02. The molecule has 2 aliphatic rings. The van der Waals surface area contributed by atoms with Gasteiger partial charge in [-0.1, -0.05) is 114 Å². The molecular formula is C35H28N6O5S4. The largest absolute Gasteiger partial charge is 0.477 e. The molecule has 2 aromatic heterocycles. The minimum atomic E-state index is -1.29. The van der Waals surface area contributed by atoms with Gasteiger partial charge in [0, 0.05) is 16.7 Å². The maximum atomic E-state index is 13.6. The van der Waals surface area contributed by atoms with E-state index in [2.05, 4.69) is 25.8 Å². The number of nitrogens with one attached hydrogen (secondary N) is 2. The third kappa shape index (κ3) is 6.44. The van der Waals surface area contributed by atoms with Gasteiger partial charge in [-0.05, 0) is 23.6 Å². The Morgan fingerprint density at radius 3 is 2.06 bits per heavy atom. The molecular weight excluding hydrogens is 713 g/mol. The van der Waals surface area contributed by atoms with Crippen molar-refractivity contribution in [3.05, 3.63) is 135 Å². The lowest BCUT2D eigenvalue weighted by atomic mass is 9.77. The molecule has 4 heterocycles. The zero-order valence-corrected chi connectivity index (χ0v) is 29.6. The number of Topliss-reactive ketones (excluding diaryl/α,β-unsaturated/α-hetero) is 1. The van der Waals surface area contributed by atoms with Crippen LogP contribution in [-0.4, -0.2) is 65.3 Å². The van der Waals surface area contributed by atoms with Crippen LogP contribution in [0.2, 0.25) is 0 Å². The zero-order valence-electron chi connectivity index (χ0n) is 26.3. The maximum absolute atomic E-state index is 13.6. The summed E-state index contributed by atoms with van der Waals surface area (Å²) in [6.07, 6.45) is 0.130. The van der Waals surface area contributed by atoms with E-state index in [1.54, 1.807) is 0 Å². The van der Waals surface area contributed by atoms with E-state index < -0.39 is 33.9 Å². The number of β-lactam (4-membered cyclic amide) rings is 1. The van der Waals surface area contributed by atoms with Gasteiger partial charge in [0.2, 0.25) is 5.91 Å². The number of hydrogen-bond acceptors (Lipinski definition) is 12. The number of carbonyl (C=O) groups excluding carboxylic acids is 3. The number of rotatable bonds is 12. The molecule has 252 valence electrons. The normalized spacial score (nSPS) is 17.1. The molecule has 7 rings (SSSR count). The number of aliphatic carboxylic acids is 1. The number of carboxylic acids is 1. The van der Waals surface area contributed by atoms with Gasteiger partial charge in [-0.15, -0.1) is 33.3 Å². The lowest BCUT2D eigenvalue weighted by molar-refractivity contribution is -0.146. The van der Waals surface area contributed by atoms with E-state index in [-0.39, 0.29) is 29.5 Å². The molecule has 3 N–H and O–H groups in total. The van der Waals surface area contributed by atoms with E-state index in [1.807, 2.05) is 97.9 Å². The Bertz CT molecular complexity index is 2010. The Kier molecular flexibility index (Phi) is 9.55. The van der Waals surface area contributed by atoms with E-state index >= 15 is 0 Å². The van der Waals surface area contributed by atoms with Crippen molar-refractivity contribution in [2.45, 2.75) is 34.0 Å². The average molecular weight is 741 g/mol. The quantitative estimate of drug-likeness (QED) is 0.0470. The van der Waals surface area contributed by atoms with Crippen LogP contribution in [0.4, 0.5) is 5.13 Å². The fourth-order valence-corrected chi connectivity index (χ4v) is 10.1. The number of hydrogen-bond donors (Lipinski definition) is 3. The van der Waals surface area contributed by atoms with Crippen LogP contribution in [0.15, 0.2) is 112 Å². The van der Waals surface area contributed by atoms with Crippen molar-refractivity contribution >= 4 is 74.9 Å². The number of benzene rings is 3. The summed E-state index contributed by atoms with van der Waals surface area (Å²) in [7, 11) is 0. The second-order valence-electron chi connectivity index (χ2n) is 11.3. The number of nitrogens with zero attached hydrogens (tertiary/aromatic N) is 4. The number of carbonyl (C=O) groups is 4. The Hall–Kier alpha value is -4.83. The van der Waals surface area contributed by atoms with Crippen molar-refractivity contribution in [1.82, 2.24) is 25.4 Å². The van der Waals surface area contributed by atoms with E-state index in [0.29, 0.717) is 15.0 Å². The van der Waals surface area contributed by atoms with Crippen molar-refractivity contribution < 1.29 is 24.3 Å². The first-order valence-electron chi connectivity index (χ1n) is 15.4. The van der Waals surface area contributed by atoms with Crippen LogP contribution < -0.4 is 10.6 Å². The summed E-state index contributed by atoms with van der Waals surface area (Å²) in [5.41, 5.74) is 2.02. The van der Waals surface area contributed by atoms with Crippen molar-refractivity contribution in [3.63, 3.8) is 0 Å². The van der Waals surface area contributed by atoms with Crippen molar-refractivity contribution in [1.29, 1.82) is 0 Å². The van der Waals surface area contributed by atoms with Crippen LogP contribution in [0.1, 0.15) is 38.6 Å². The number of fused-ring (bicyclic) bond motifs is 1. The van der Waals surface area contributed by atoms with Crippen LogP contribution in [0.5, 0.6) is 0 Å². The smallest absolute Gasteiger partial charge is 0.352 e. The summed E-state index contributed by atoms with van der Waals surface area (Å²) in [5.74, 6) is -3.28. The topological polar surface area (TPSA) is 154 Å². The van der Waals surface area contributed by atoms with Gasteiger partial charge in [0.15, 0.2) is 9.47 Å². The van der Waals surface area contributed by atoms with E-state index in [1.165, 1.54) is 56.5 Å². The summed E-state index contributed by atoms with van der Waals surface area (Å²) >= 11 is 5.03. The van der Waals surface area contributed by atoms with Gasteiger partial charge in [0.05, 0.1) is 11.8 Å². The van der Waals surface area contributed by atoms with Gasteiger partial charge in [-0.3, -0.25) is 19.3 Å². The first-order chi connectivity index (χ1) is 24.2. The number of carboxylic acid groups (broad SMARTS) is 1. The monoisotopic (exact) mass is 740 g/mol. The molecule has 2 aliphatic heterocycles. The number of aromatic nitrogens is 3. The third-order valence-electron chi connectivity index (χ3n) is 8.24. The molecule has 0 radical (unpaired) electrons. The average Bonchev–Trinajstić information content (AvgIpc) is 3.78. The number of ketones is 1. The van der Waals surface area contributed by atoms with E-state index in [9.17, 15) is 24.3 Å². The molecule has 0 aliphatic carbocycles. The molecule has 2 atom stereocenters. The van der Waals surface area contributed by atoms with Crippen LogP contribution in [-0.2, 0) is 19.9 Å². The molecule has 15 heteroatoms. The van der Waals surface area contributed by atoms with Crippen LogP contribution >= 0.6 is 46.2 Å². The predicted octanol–water partition coefficient (Wildman–Crippen LogP) is 5.77. The van der Waals surface area contributed by atoms with Gasteiger partial charge in [-0.25, -0.2) is 9.78 Å². The van der Waals surface area contributed by atoms with Crippen LogP contribution in [0.3, 0.4) is 0 Å². The molecule has 5 aromatic rings. The number of thiazole rings is 1. The van der Waals surface area contributed by atoms with E-state index in [4.69, 9.17) is 0 Å². The number of amides is 2. The highest BCUT2D eigenvalue weighted by Crippen LogP contribution is 2.45. The molecule has 11 nitrogen and oxygen atoms in total. The highest BCUT2D eigenvalue weighted by atomic mass is 32.2. The number of anilines is 1. The Morgan fingerprint density at radius 2 is 1.54 bits per heavy atom. The minimum Gasteiger partial charge on any atom is -0.477 e. The SMILES string of the molecule is Cc1nnc(SCC2=C(C(=O)O)N3C(=O)C[C@H]3SC2NC(=O)C(=O)c2csc(NC(c3ccccc3)(c3ccccc3)c3ccccc3)n2)s1. The molecule has 1 unspecified atom stereocenters. The first-order valence-corrected chi connectivity index (χ1v) is 19.0. The molecule has 0 saturated carbocycles. The third-order valence-corrected chi connectivity index (χ3v) is 12.4.